The predicted molar refractivity (Wildman–Crippen MR) is 64.2 cm³/mol. The number of anilines is 1. The Morgan fingerprint density at radius 1 is 1.35 bits per heavy atom. The zero-order valence-corrected chi connectivity index (χ0v) is 10.1. The van der Waals surface area contributed by atoms with Crippen molar-refractivity contribution in [3.8, 4) is 0 Å². The number of benzene rings is 1. The molecule has 0 aliphatic carbocycles. The molecule has 0 spiro atoms. The van der Waals surface area contributed by atoms with Crippen LogP contribution in [0.25, 0.3) is 0 Å². The number of nitro benzene ring substituents is 1. The van der Waals surface area contributed by atoms with Gasteiger partial charge in [0.2, 0.25) is 0 Å². The molecule has 1 aliphatic heterocycles. The fraction of sp³-hybridized carbons (Fsp3) is 0.364. The minimum Gasteiger partial charge on any atom is -0.478 e. The SMILES string of the molecule is O=C(O)c1cc([N+](=O)[O-])c(N2CC(O)C(O)C2)cc1F. The van der Waals surface area contributed by atoms with Gasteiger partial charge in [-0.05, 0) is 0 Å². The molecule has 9 heteroatoms. The molecule has 1 aromatic rings. The highest BCUT2D eigenvalue weighted by Crippen LogP contribution is 2.33. The Labute approximate surface area is 111 Å². The summed E-state index contributed by atoms with van der Waals surface area (Å²) in [6, 6.07) is 1.36. The molecule has 0 amide bonds. The van der Waals surface area contributed by atoms with Gasteiger partial charge in [0.25, 0.3) is 5.69 Å². The van der Waals surface area contributed by atoms with Gasteiger partial charge in [0, 0.05) is 25.2 Å². The largest absolute Gasteiger partial charge is 0.478 e. The first-order valence-electron chi connectivity index (χ1n) is 5.63. The van der Waals surface area contributed by atoms with Crippen LogP contribution in [0.4, 0.5) is 15.8 Å². The monoisotopic (exact) mass is 286 g/mol. The lowest BCUT2D eigenvalue weighted by Gasteiger charge is -2.18. The quantitative estimate of drug-likeness (QED) is 0.526. The van der Waals surface area contributed by atoms with Gasteiger partial charge in [-0.1, -0.05) is 0 Å². The summed E-state index contributed by atoms with van der Waals surface area (Å²) < 4.78 is 13.6. The molecule has 108 valence electrons. The minimum atomic E-state index is -1.61. The number of nitro groups is 1. The number of carbonyl (C=O) groups is 1. The van der Waals surface area contributed by atoms with Crippen molar-refractivity contribution in [2.24, 2.45) is 0 Å². The molecule has 0 bridgehead atoms. The van der Waals surface area contributed by atoms with Gasteiger partial charge >= 0.3 is 5.97 Å². The van der Waals surface area contributed by atoms with Crippen molar-refractivity contribution in [1.29, 1.82) is 0 Å². The maximum atomic E-state index is 13.6. The highest BCUT2D eigenvalue weighted by molar-refractivity contribution is 5.90. The van der Waals surface area contributed by atoms with Crippen LogP contribution < -0.4 is 4.90 Å². The molecule has 0 saturated carbocycles. The zero-order chi connectivity index (χ0) is 15.0. The third kappa shape index (κ3) is 2.40. The fourth-order valence-electron chi connectivity index (χ4n) is 2.08. The number of hydrogen-bond donors (Lipinski definition) is 3. The molecular weight excluding hydrogens is 275 g/mol. The molecule has 0 radical (unpaired) electrons. The van der Waals surface area contributed by atoms with Crippen LogP contribution in [0.3, 0.4) is 0 Å². The van der Waals surface area contributed by atoms with E-state index in [1.165, 1.54) is 4.90 Å². The average Bonchev–Trinajstić information content (AvgIpc) is 2.68. The summed E-state index contributed by atoms with van der Waals surface area (Å²) in [5.74, 6) is -2.73. The minimum absolute atomic E-state index is 0.103. The average molecular weight is 286 g/mol. The fourth-order valence-corrected chi connectivity index (χ4v) is 2.08. The highest BCUT2D eigenvalue weighted by Gasteiger charge is 2.34. The Balaban J connectivity index is 2.50. The molecule has 0 aromatic heterocycles. The van der Waals surface area contributed by atoms with Crippen molar-refractivity contribution in [2.75, 3.05) is 18.0 Å². The summed E-state index contributed by atoms with van der Waals surface area (Å²) in [6.45, 7) is -0.207. The van der Waals surface area contributed by atoms with Crippen LogP contribution in [0.1, 0.15) is 10.4 Å². The Kier molecular flexibility index (Phi) is 3.55. The smallest absolute Gasteiger partial charge is 0.338 e. The number of aliphatic hydroxyl groups is 2. The second kappa shape index (κ2) is 5.02. The van der Waals surface area contributed by atoms with E-state index in [1.54, 1.807) is 0 Å². The number of rotatable bonds is 3. The normalized spacial score (nSPS) is 22.1. The Morgan fingerprint density at radius 3 is 2.35 bits per heavy atom. The van der Waals surface area contributed by atoms with E-state index in [9.17, 15) is 29.5 Å². The lowest BCUT2D eigenvalue weighted by molar-refractivity contribution is -0.384. The van der Waals surface area contributed by atoms with Gasteiger partial charge in [-0.25, -0.2) is 9.18 Å². The second-order valence-corrected chi connectivity index (χ2v) is 4.42. The van der Waals surface area contributed by atoms with E-state index < -0.39 is 40.2 Å². The maximum Gasteiger partial charge on any atom is 0.338 e. The molecule has 2 rings (SSSR count). The molecule has 1 aliphatic rings. The summed E-state index contributed by atoms with van der Waals surface area (Å²) in [6.07, 6.45) is -2.20. The molecule has 1 saturated heterocycles. The van der Waals surface area contributed by atoms with Crippen LogP contribution >= 0.6 is 0 Å². The molecule has 2 atom stereocenters. The standard InChI is InChI=1S/C11H11FN2O6/c12-6-2-7(13-3-9(15)10(16)4-13)8(14(19)20)1-5(6)11(17)18/h1-2,9-10,15-16H,3-4H2,(H,17,18). The van der Waals surface area contributed by atoms with Gasteiger partial charge in [-0.15, -0.1) is 0 Å². The van der Waals surface area contributed by atoms with Gasteiger partial charge in [0.1, 0.15) is 17.1 Å². The molecule has 3 N–H and O–H groups in total. The van der Waals surface area contributed by atoms with Gasteiger partial charge < -0.3 is 20.2 Å². The lowest BCUT2D eigenvalue weighted by atomic mass is 10.1. The molecule has 20 heavy (non-hydrogen) atoms. The number of halogens is 1. The van der Waals surface area contributed by atoms with Gasteiger partial charge in [-0.3, -0.25) is 10.1 Å². The number of aliphatic hydroxyl groups excluding tert-OH is 2. The highest BCUT2D eigenvalue weighted by atomic mass is 19.1. The Hall–Kier alpha value is -2.26. The number of aromatic carboxylic acids is 1. The number of hydrogen-bond acceptors (Lipinski definition) is 6. The van der Waals surface area contributed by atoms with E-state index in [4.69, 9.17) is 5.11 Å². The van der Waals surface area contributed by atoms with Gasteiger partial charge in [0.05, 0.1) is 17.1 Å². The van der Waals surface area contributed by atoms with Crippen molar-refractivity contribution < 1.29 is 29.4 Å². The number of carboxylic acid groups (broad SMARTS) is 1. The van der Waals surface area contributed by atoms with Crippen molar-refractivity contribution in [3.63, 3.8) is 0 Å². The van der Waals surface area contributed by atoms with Crippen LogP contribution in [-0.4, -0.2) is 51.5 Å². The van der Waals surface area contributed by atoms with Crippen molar-refractivity contribution in [1.82, 2.24) is 0 Å². The van der Waals surface area contributed by atoms with Crippen LogP contribution in [-0.2, 0) is 0 Å². The summed E-state index contributed by atoms with van der Waals surface area (Å²) in [5.41, 5.74) is -1.57. The third-order valence-electron chi connectivity index (χ3n) is 3.09. The predicted octanol–water partition coefficient (Wildman–Crippen LogP) is -0.0261. The topological polar surface area (TPSA) is 124 Å². The summed E-state index contributed by atoms with van der Waals surface area (Å²) >= 11 is 0. The molecule has 1 heterocycles. The number of nitrogens with zero attached hydrogens (tertiary/aromatic N) is 2. The van der Waals surface area contributed by atoms with Crippen LogP contribution in [0.2, 0.25) is 0 Å². The Morgan fingerprint density at radius 2 is 1.90 bits per heavy atom. The van der Waals surface area contributed by atoms with Crippen molar-refractivity contribution in [3.05, 3.63) is 33.6 Å². The number of β-amino-alcohol motifs (C(OH)–C–C–N with tert-alkyl or cyclic N) is 2. The van der Waals surface area contributed by atoms with Crippen LogP contribution in [0, 0.1) is 15.9 Å². The molecule has 8 nitrogen and oxygen atoms in total. The first kappa shape index (κ1) is 14.2. The maximum absolute atomic E-state index is 13.6. The van der Waals surface area contributed by atoms with Crippen LogP contribution in [0.15, 0.2) is 12.1 Å². The summed E-state index contributed by atoms with van der Waals surface area (Å²) in [7, 11) is 0. The summed E-state index contributed by atoms with van der Waals surface area (Å²) in [5, 5.41) is 38.6. The van der Waals surface area contributed by atoms with E-state index in [-0.39, 0.29) is 18.8 Å². The lowest BCUT2D eigenvalue weighted by Crippen LogP contribution is -2.22. The van der Waals surface area contributed by atoms with E-state index in [0.717, 1.165) is 6.07 Å². The van der Waals surface area contributed by atoms with Gasteiger partial charge in [-0.2, -0.15) is 0 Å². The van der Waals surface area contributed by atoms with E-state index >= 15 is 0 Å². The second-order valence-electron chi connectivity index (χ2n) is 4.42. The van der Waals surface area contributed by atoms with Crippen molar-refractivity contribution >= 4 is 17.3 Å². The molecule has 1 aromatic carbocycles. The molecule has 2 unspecified atom stereocenters. The van der Waals surface area contributed by atoms with E-state index in [2.05, 4.69) is 0 Å². The van der Waals surface area contributed by atoms with E-state index in [0.29, 0.717) is 6.07 Å². The van der Waals surface area contributed by atoms with Crippen LogP contribution in [0.5, 0.6) is 0 Å². The first-order valence-corrected chi connectivity index (χ1v) is 5.63. The molecule has 1 fully saturated rings. The third-order valence-corrected chi connectivity index (χ3v) is 3.09. The zero-order valence-electron chi connectivity index (χ0n) is 10.1. The van der Waals surface area contributed by atoms with Crippen molar-refractivity contribution in [2.45, 2.75) is 12.2 Å². The number of carboxylic acids is 1. The molecular formula is C11H11FN2O6. The Bertz CT molecular complexity index is 568. The van der Waals surface area contributed by atoms with E-state index in [1.807, 2.05) is 0 Å². The summed E-state index contributed by atoms with van der Waals surface area (Å²) in [4.78, 5) is 22.1. The van der Waals surface area contributed by atoms with Gasteiger partial charge in [0.15, 0.2) is 0 Å². The first-order chi connectivity index (χ1) is 9.31.